The second kappa shape index (κ2) is 13.7. The summed E-state index contributed by atoms with van der Waals surface area (Å²) in [5, 5.41) is 2.65. The van der Waals surface area contributed by atoms with Gasteiger partial charge in [-0.25, -0.2) is 4.79 Å². The molecule has 0 unspecified atom stereocenters. The first-order valence-electron chi connectivity index (χ1n) is 14.0. The van der Waals surface area contributed by atoms with Crippen LogP contribution in [-0.4, -0.2) is 42.8 Å². The Balaban J connectivity index is 1.53. The minimum atomic E-state index is -4.80. The topological polar surface area (TPSA) is 98.8 Å². The van der Waals surface area contributed by atoms with E-state index in [9.17, 15) is 22.8 Å². The number of aryl methyl sites for hydroxylation is 2. The molecule has 0 aliphatic carbocycles. The molecule has 3 N–H and O–H groups in total. The molecule has 4 rings (SSSR count). The lowest BCUT2D eigenvalue weighted by Gasteiger charge is -2.19. The van der Waals surface area contributed by atoms with E-state index in [0.29, 0.717) is 29.4 Å². The summed E-state index contributed by atoms with van der Waals surface area (Å²) in [7, 11) is 3.88. The predicted octanol–water partition coefficient (Wildman–Crippen LogP) is 7.07. The molecular formula is C33H35F3N4O4. The molecule has 0 radical (unpaired) electrons. The average molecular weight is 609 g/mol. The third kappa shape index (κ3) is 8.19. The van der Waals surface area contributed by atoms with Gasteiger partial charge in [0.15, 0.2) is 0 Å². The van der Waals surface area contributed by atoms with Gasteiger partial charge in [0.25, 0.3) is 5.56 Å². The minimum absolute atomic E-state index is 0.0465. The van der Waals surface area contributed by atoms with Crippen molar-refractivity contribution in [3.8, 4) is 22.8 Å². The van der Waals surface area contributed by atoms with Gasteiger partial charge in [-0.3, -0.25) is 10.1 Å². The average Bonchev–Trinajstić information content (AvgIpc) is 2.96. The van der Waals surface area contributed by atoms with Crippen molar-refractivity contribution in [2.75, 3.05) is 38.3 Å². The quantitative estimate of drug-likeness (QED) is 0.187. The molecule has 0 aliphatic heterocycles. The molecule has 0 aliphatic rings. The zero-order chi connectivity index (χ0) is 32.0. The summed E-state index contributed by atoms with van der Waals surface area (Å²) in [4.78, 5) is 27.2. The van der Waals surface area contributed by atoms with Gasteiger partial charge >= 0.3 is 12.3 Å². The number of nitrogens with two attached hydrogens (primary N) is 1. The van der Waals surface area contributed by atoms with Crippen molar-refractivity contribution in [2.24, 2.45) is 0 Å². The maximum atomic E-state index is 13.8. The summed E-state index contributed by atoms with van der Waals surface area (Å²) in [6.45, 7) is 4.97. The number of carbonyl (C=O) groups is 1. The summed E-state index contributed by atoms with van der Waals surface area (Å²) < 4.78 is 53.7. The van der Waals surface area contributed by atoms with E-state index in [0.717, 1.165) is 35.7 Å². The van der Waals surface area contributed by atoms with E-state index in [-0.39, 0.29) is 12.2 Å². The van der Waals surface area contributed by atoms with E-state index >= 15 is 0 Å². The van der Waals surface area contributed by atoms with Gasteiger partial charge in [-0.1, -0.05) is 23.8 Å². The Morgan fingerprint density at radius 2 is 1.59 bits per heavy atom. The Morgan fingerprint density at radius 3 is 2.18 bits per heavy atom. The molecular weight excluding hydrogens is 573 g/mol. The number of nitrogens with one attached hydrogen (secondary N) is 1. The number of rotatable bonds is 10. The summed E-state index contributed by atoms with van der Waals surface area (Å²) in [5.74, 6) is 0.894. The molecule has 0 atom stereocenters. The van der Waals surface area contributed by atoms with Crippen LogP contribution < -0.4 is 21.3 Å². The zero-order valence-electron chi connectivity index (χ0n) is 25.0. The largest absolute Gasteiger partial charge is 0.457 e. The number of ether oxygens (including phenoxy) is 2. The van der Waals surface area contributed by atoms with E-state index in [4.69, 9.17) is 15.2 Å². The number of carbonyl (C=O) groups excluding carboxylic acids is 1. The lowest BCUT2D eigenvalue weighted by molar-refractivity contribution is -0.137. The maximum Gasteiger partial charge on any atom is 0.418 e. The fourth-order valence-corrected chi connectivity index (χ4v) is 4.62. The van der Waals surface area contributed by atoms with Gasteiger partial charge in [-0.2, -0.15) is 13.2 Å². The van der Waals surface area contributed by atoms with Gasteiger partial charge in [-0.15, -0.1) is 0 Å². The standard InChI is InChI=1S/C33H35F3N4O4/c1-21-6-7-24(22(2)18-21)20-40-29(19-28(33(34,35)36)30(37)31(40)41)23-8-12-26(13-9-23)44-27-14-10-25(11-15-27)38-32(42)43-17-5-16-39(3)4/h6-15,18-19H,5,16-17,20,37H2,1-4H3,(H,38,42). The van der Waals surface area contributed by atoms with Crippen LogP contribution in [0.25, 0.3) is 11.3 Å². The lowest BCUT2D eigenvalue weighted by atomic mass is 10.0. The highest BCUT2D eigenvalue weighted by Gasteiger charge is 2.35. The van der Waals surface area contributed by atoms with Crippen LogP contribution >= 0.6 is 0 Å². The third-order valence-corrected chi connectivity index (χ3v) is 6.94. The number of benzene rings is 3. The Kier molecular flexibility index (Phi) is 10.00. The van der Waals surface area contributed by atoms with E-state index in [1.54, 1.807) is 48.5 Å². The number of halogens is 3. The van der Waals surface area contributed by atoms with Crippen LogP contribution in [0.2, 0.25) is 0 Å². The van der Waals surface area contributed by atoms with Gasteiger partial charge in [0, 0.05) is 12.2 Å². The maximum absolute atomic E-state index is 13.8. The summed E-state index contributed by atoms with van der Waals surface area (Å²) in [6.07, 6.45) is -4.64. The van der Waals surface area contributed by atoms with Gasteiger partial charge in [0.1, 0.15) is 17.2 Å². The van der Waals surface area contributed by atoms with E-state index in [1.807, 2.05) is 51.0 Å². The van der Waals surface area contributed by atoms with Gasteiger partial charge in [-0.05, 0) is 106 Å². The van der Waals surface area contributed by atoms with Crippen LogP contribution in [0.15, 0.2) is 77.6 Å². The van der Waals surface area contributed by atoms with Crippen molar-refractivity contribution in [3.63, 3.8) is 0 Å². The first-order chi connectivity index (χ1) is 20.8. The van der Waals surface area contributed by atoms with Gasteiger partial charge in [0.05, 0.1) is 24.4 Å². The molecule has 44 heavy (non-hydrogen) atoms. The second-order valence-corrected chi connectivity index (χ2v) is 10.7. The molecule has 0 saturated heterocycles. The molecule has 3 aromatic carbocycles. The summed E-state index contributed by atoms with van der Waals surface area (Å²) in [6, 6.07) is 19.6. The van der Waals surface area contributed by atoms with E-state index in [2.05, 4.69) is 5.32 Å². The number of nitrogen functional groups attached to an aromatic ring is 1. The SMILES string of the molecule is Cc1ccc(Cn2c(-c3ccc(Oc4ccc(NC(=O)OCCCN(C)C)cc4)cc3)cc(C(F)(F)F)c(N)c2=O)c(C)c1. The van der Waals surface area contributed by atoms with Crippen molar-refractivity contribution in [1.29, 1.82) is 0 Å². The van der Waals surface area contributed by atoms with Crippen LogP contribution in [0.4, 0.5) is 29.3 Å². The van der Waals surface area contributed by atoms with Crippen molar-refractivity contribution < 1.29 is 27.4 Å². The first kappa shape index (κ1) is 32.2. The molecule has 0 bridgehead atoms. The summed E-state index contributed by atoms with van der Waals surface area (Å²) >= 11 is 0. The number of amides is 1. The lowest BCUT2D eigenvalue weighted by Crippen LogP contribution is -2.29. The molecule has 8 nitrogen and oxygen atoms in total. The van der Waals surface area contributed by atoms with Crippen molar-refractivity contribution in [2.45, 2.75) is 33.0 Å². The number of aromatic nitrogens is 1. The number of alkyl halides is 3. The van der Waals surface area contributed by atoms with Crippen molar-refractivity contribution >= 4 is 17.5 Å². The number of pyridine rings is 1. The van der Waals surface area contributed by atoms with E-state index in [1.165, 1.54) is 4.57 Å². The number of nitrogens with zero attached hydrogens (tertiary/aromatic N) is 2. The normalized spacial score (nSPS) is 11.5. The molecule has 4 aromatic rings. The highest BCUT2D eigenvalue weighted by molar-refractivity contribution is 5.84. The monoisotopic (exact) mass is 608 g/mol. The molecule has 0 saturated carbocycles. The molecule has 0 spiro atoms. The highest BCUT2D eigenvalue weighted by Crippen LogP contribution is 2.35. The zero-order valence-corrected chi connectivity index (χ0v) is 25.0. The molecule has 11 heteroatoms. The van der Waals surface area contributed by atoms with Crippen LogP contribution in [0, 0.1) is 13.8 Å². The molecule has 1 amide bonds. The minimum Gasteiger partial charge on any atom is -0.457 e. The molecule has 0 fully saturated rings. The fourth-order valence-electron chi connectivity index (χ4n) is 4.62. The number of hydrogen-bond acceptors (Lipinski definition) is 6. The number of hydrogen-bond donors (Lipinski definition) is 2. The Hall–Kier alpha value is -4.77. The molecule has 1 heterocycles. The Bertz CT molecular complexity index is 1670. The molecule has 232 valence electrons. The Morgan fingerprint density at radius 1 is 0.955 bits per heavy atom. The predicted molar refractivity (Wildman–Crippen MR) is 165 cm³/mol. The fraction of sp³-hybridized carbons (Fsp3) is 0.273. The molecule has 1 aromatic heterocycles. The smallest absolute Gasteiger partial charge is 0.418 e. The van der Waals surface area contributed by atoms with Crippen molar-refractivity contribution in [1.82, 2.24) is 9.47 Å². The van der Waals surface area contributed by atoms with Gasteiger partial charge in [0.2, 0.25) is 0 Å². The Labute approximate surface area is 253 Å². The van der Waals surface area contributed by atoms with Crippen LogP contribution in [0.3, 0.4) is 0 Å². The second-order valence-electron chi connectivity index (χ2n) is 10.7. The van der Waals surface area contributed by atoms with Crippen molar-refractivity contribution in [3.05, 3.63) is 105 Å². The van der Waals surface area contributed by atoms with Crippen LogP contribution in [0.5, 0.6) is 11.5 Å². The van der Waals surface area contributed by atoms with Gasteiger partial charge < -0.3 is 24.7 Å². The van der Waals surface area contributed by atoms with E-state index < -0.39 is 29.1 Å². The van der Waals surface area contributed by atoms with Crippen LogP contribution in [0.1, 0.15) is 28.7 Å². The van der Waals surface area contributed by atoms with Crippen LogP contribution in [-0.2, 0) is 17.5 Å². The summed E-state index contributed by atoms with van der Waals surface area (Å²) in [5.41, 5.74) is 6.47. The highest BCUT2D eigenvalue weighted by atomic mass is 19.4. The third-order valence-electron chi connectivity index (χ3n) is 6.94. The first-order valence-corrected chi connectivity index (χ1v) is 14.0. The number of anilines is 2.